The van der Waals surface area contributed by atoms with Gasteiger partial charge >= 0.3 is 0 Å². The SMILES string of the molecule is CC(F)(F)c1cc2c(cc1C1(N=C=O)CC1)OCCCO2. The Labute approximate surface area is 120 Å². The quantitative estimate of drug-likeness (QED) is 0.635. The van der Waals surface area contributed by atoms with Crippen LogP contribution in [0.3, 0.4) is 0 Å². The van der Waals surface area contributed by atoms with Crippen molar-refractivity contribution in [3.05, 3.63) is 23.3 Å². The molecule has 0 atom stereocenters. The molecule has 0 saturated heterocycles. The van der Waals surface area contributed by atoms with E-state index in [0.717, 1.165) is 6.92 Å². The molecule has 1 aromatic carbocycles. The van der Waals surface area contributed by atoms with Gasteiger partial charge in [-0.1, -0.05) is 0 Å². The Kier molecular flexibility index (Phi) is 3.21. The van der Waals surface area contributed by atoms with E-state index in [0.29, 0.717) is 49.5 Å². The summed E-state index contributed by atoms with van der Waals surface area (Å²) in [7, 11) is 0. The molecule has 0 amide bonds. The summed E-state index contributed by atoms with van der Waals surface area (Å²) in [5.41, 5.74) is -0.702. The van der Waals surface area contributed by atoms with Gasteiger partial charge in [0.2, 0.25) is 6.08 Å². The second kappa shape index (κ2) is 4.81. The number of nitrogens with zero attached hydrogens (tertiary/aromatic N) is 1. The van der Waals surface area contributed by atoms with Crippen molar-refractivity contribution in [3.8, 4) is 11.5 Å². The van der Waals surface area contributed by atoms with Gasteiger partial charge in [-0.15, -0.1) is 0 Å². The molecule has 0 radical (unpaired) electrons. The molecule has 112 valence electrons. The van der Waals surface area contributed by atoms with Gasteiger partial charge in [0.1, 0.15) is 0 Å². The van der Waals surface area contributed by atoms with E-state index in [1.165, 1.54) is 12.1 Å². The van der Waals surface area contributed by atoms with E-state index in [1.807, 2.05) is 0 Å². The lowest BCUT2D eigenvalue weighted by Gasteiger charge is -2.21. The molecule has 1 aliphatic heterocycles. The third-order valence-electron chi connectivity index (χ3n) is 3.85. The monoisotopic (exact) mass is 295 g/mol. The van der Waals surface area contributed by atoms with Crippen molar-refractivity contribution in [2.45, 2.75) is 37.6 Å². The molecule has 1 heterocycles. The molecule has 3 rings (SSSR count). The highest BCUT2D eigenvalue weighted by atomic mass is 19.3. The zero-order valence-corrected chi connectivity index (χ0v) is 11.6. The number of ether oxygens (including phenoxy) is 2. The van der Waals surface area contributed by atoms with Crippen molar-refractivity contribution in [2.75, 3.05) is 13.2 Å². The van der Waals surface area contributed by atoms with Gasteiger partial charge in [-0.3, -0.25) is 0 Å². The van der Waals surface area contributed by atoms with Gasteiger partial charge in [0.25, 0.3) is 5.92 Å². The molecule has 4 nitrogen and oxygen atoms in total. The predicted octanol–water partition coefficient (Wildman–Crippen LogP) is 3.28. The number of isocyanates is 1. The summed E-state index contributed by atoms with van der Waals surface area (Å²) < 4.78 is 38.9. The topological polar surface area (TPSA) is 47.9 Å². The van der Waals surface area contributed by atoms with Crippen LogP contribution in [0.5, 0.6) is 11.5 Å². The number of halogens is 2. The number of hydrogen-bond acceptors (Lipinski definition) is 4. The molecule has 0 spiro atoms. The van der Waals surface area contributed by atoms with Crippen LogP contribution in [0.4, 0.5) is 8.78 Å². The molecule has 0 N–H and O–H groups in total. The van der Waals surface area contributed by atoms with Crippen LogP contribution in [0.15, 0.2) is 17.1 Å². The fraction of sp³-hybridized carbons (Fsp3) is 0.533. The van der Waals surface area contributed by atoms with E-state index in [-0.39, 0.29) is 5.56 Å². The summed E-state index contributed by atoms with van der Waals surface area (Å²) in [4.78, 5) is 14.4. The molecule has 1 saturated carbocycles. The average molecular weight is 295 g/mol. The highest BCUT2D eigenvalue weighted by molar-refractivity contribution is 5.54. The Morgan fingerprint density at radius 3 is 2.38 bits per heavy atom. The molecule has 1 fully saturated rings. The summed E-state index contributed by atoms with van der Waals surface area (Å²) in [5.74, 6) is -2.30. The first-order valence-corrected chi connectivity index (χ1v) is 6.88. The summed E-state index contributed by atoms with van der Waals surface area (Å²) in [6.07, 6.45) is 3.31. The summed E-state index contributed by atoms with van der Waals surface area (Å²) in [6.45, 7) is 1.73. The van der Waals surface area contributed by atoms with Crippen LogP contribution in [0, 0.1) is 0 Å². The van der Waals surface area contributed by atoms with Crippen molar-refractivity contribution in [1.82, 2.24) is 0 Å². The van der Waals surface area contributed by atoms with Crippen LogP contribution in [0.1, 0.15) is 37.3 Å². The van der Waals surface area contributed by atoms with Crippen LogP contribution >= 0.6 is 0 Å². The third-order valence-corrected chi connectivity index (χ3v) is 3.85. The molecular formula is C15H15F2NO3. The van der Waals surface area contributed by atoms with Crippen LogP contribution in [-0.2, 0) is 16.3 Å². The van der Waals surface area contributed by atoms with Crippen LogP contribution in [0.25, 0.3) is 0 Å². The first-order chi connectivity index (χ1) is 9.96. The maximum absolute atomic E-state index is 13.9. The molecule has 1 aromatic rings. The Bertz CT molecular complexity index is 614. The minimum atomic E-state index is -3.05. The second-order valence-electron chi connectivity index (χ2n) is 5.52. The van der Waals surface area contributed by atoms with Crippen LogP contribution in [-0.4, -0.2) is 19.3 Å². The van der Waals surface area contributed by atoms with E-state index in [4.69, 9.17) is 9.47 Å². The molecule has 6 heteroatoms. The fourth-order valence-electron chi connectivity index (χ4n) is 2.60. The summed E-state index contributed by atoms with van der Waals surface area (Å²) in [5, 5.41) is 0. The van der Waals surface area contributed by atoms with Gasteiger partial charge in [-0.05, 0) is 30.5 Å². The molecule has 0 bridgehead atoms. The Morgan fingerprint density at radius 2 is 1.86 bits per heavy atom. The third kappa shape index (κ3) is 2.51. The molecular weight excluding hydrogens is 280 g/mol. The van der Waals surface area contributed by atoms with Gasteiger partial charge < -0.3 is 9.47 Å². The number of aliphatic imine (C=N–C) groups is 1. The van der Waals surface area contributed by atoms with E-state index in [9.17, 15) is 13.6 Å². The van der Waals surface area contributed by atoms with Crippen molar-refractivity contribution in [3.63, 3.8) is 0 Å². The maximum atomic E-state index is 13.9. The highest BCUT2D eigenvalue weighted by Gasteiger charge is 2.49. The Balaban J connectivity index is 2.17. The Hall–Kier alpha value is -1.94. The second-order valence-corrected chi connectivity index (χ2v) is 5.52. The van der Waals surface area contributed by atoms with Crippen molar-refractivity contribution < 1.29 is 23.0 Å². The standard InChI is InChI=1S/C15H15F2NO3/c1-14(16,17)10-7-12-13(21-6-2-5-20-12)8-11(10)15(3-4-15)18-9-19/h7-8H,2-6H2,1H3. The number of benzene rings is 1. The number of rotatable bonds is 3. The number of fused-ring (bicyclic) bond motifs is 1. The number of carbonyl (C=O) groups excluding carboxylic acids is 1. The lowest BCUT2D eigenvalue weighted by Crippen LogP contribution is -2.16. The minimum Gasteiger partial charge on any atom is -0.490 e. The molecule has 1 aliphatic carbocycles. The van der Waals surface area contributed by atoms with E-state index in [1.54, 1.807) is 6.07 Å². The van der Waals surface area contributed by atoms with Crippen LogP contribution in [0.2, 0.25) is 0 Å². The largest absolute Gasteiger partial charge is 0.490 e. The first-order valence-electron chi connectivity index (χ1n) is 6.88. The van der Waals surface area contributed by atoms with Crippen molar-refractivity contribution in [2.24, 2.45) is 4.99 Å². The van der Waals surface area contributed by atoms with Crippen molar-refractivity contribution >= 4 is 6.08 Å². The lowest BCUT2D eigenvalue weighted by atomic mass is 9.94. The van der Waals surface area contributed by atoms with Crippen LogP contribution < -0.4 is 9.47 Å². The van der Waals surface area contributed by atoms with Gasteiger partial charge in [0, 0.05) is 18.9 Å². The lowest BCUT2D eigenvalue weighted by molar-refractivity contribution is 0.0157. The predicted molar refractivity (Wildman–Crippen MR) is 70.7 cm³/mol. The van der Waals surface area contributed by atoms with Gasteiger partial charge in [0.15, 0.2) is 11.5 Å². The van der Waals surface area contributed by atoms with Crippen molar-refractivity contribution in [1.29, 1.82) is 0 Å². The number of hydrogen-bond donors (Lipinski definition) is 0. The van der Waals surface area contributed by atoms with Gasteiger partial charge in [0.05, 0.1) is 18.8 Å². The fourth-order valence-corrected chi connectivity index (χ4v) is 2.60. The zero-order valence-electron chi connectivity index (χ0n) is 11.6. The molecule has 2 aliphatic rings. The average Bonchev–Trinajstić information content (AvgIpc) is 3.20. The summed E-state index contributed by atoms with van der Waals surface area (Å²) >= 11 is 0. The van der Waals surface area contributed by atoms with Gasteiger partial charge in [-0.2, -0.15) is 4.99 Å². The molecule has 0 unspecified atom stereocenters. The molecule has 0 aromatic heterocycles. The zero-order chi connectivity index (χ0) is 15.1. The van der Waals surface area contributed by atoms with E-state index >= 15 is 0 Å². The Morgan fingerprint density at radius 1 is 1.24 bits per heavy atom. The first kappa shape index (κ1) is 14.0. The minimum absolute atomic E-state index is 0.164. The van der Waals surface area contributed by atoms with E-state index < -0.39 is 11.5 Å². The maximum Gasteiger partial charge on any atom is 0.271 e. The van der Waals surface area contributed by atoms with E-state index in [2.05, 4.69) is 4.99 Å². The van der Waals surface area contributed by atoms with Gasteiger partial charge in [-0.25, -0.2) is 13.6 Å². The highest BCUT2D eigenvalue weighted by Crippen LogP contribution is 2.54. The number of alkyl halides is 2. The smallest absolute Gasteiger partial charge is 0.271 e. The molecule has 21 heavy (non-hydrogen) atoms. The summed E-state index contributed by atoms with van der Waals surface area (Å²) in [6, 6.07) is 2.86. The normalized spacial score (nSPS) is 19.4.